The number of hydrogen-bond acceptors (Lipinski definition) is 4. The molecule has 0 spiro atoms. The first-order valence-electron chi connectivity index (χ1n) is 6.17. The summed E-state index contributed by atoms with van der Waals surface area (Å²) in [5.74, 6) is 0.981. The van der Waals surface area contributed by atoms with E-state index in [1.807, 2.05) is 26.1 Å². The van der Waals surface area contributed by atoms with E-state index in [4.69, 9.17) is 10.8 Å². The van der Waals surface area contributed by atoms with Gasteiger partial charge in [-0.25, -0.2) is 4.98 Å². The van der Waals surface area contributed by atoms with Crippen LogP contribution in [0.2, 0.25) is 0 Å². The Morgan fingerprint density at radius 3 is 2.71 bits per heavy atom. The van der Waals surface area contributed by atoms with Gasteiger partial charge in [0.2, 0.25) is 0 Å². The summed E-state index contributed by atoms with van der Waals surface area (Å²) < 4.78 is 0. The maximum Gasteiger partial charge on any atom is 0.128 e. The van der Waals surface area contributed by atoms with Gasteiger partial charge in [0.05, 0.1) is 0 Å². The fourth-order valence-electron chi connectivity index (χ4n) is 1.79. The Balaban J connectivity index is 2.55. The number of rotatable bonds is 7. The van der Waals surface area contributed by atoms with E-state index in [0.29, 0.717) is 6.54 Å². The molecule has 0 atom stereocenters. The first-order chi connectivity index (χ1) is 8.17. The van der Waals surface area contributed by atoms with Crippen molar-refractivity contribution in [3.8, 4) is 0 Å². The van der Waals surface area contributed by atoms with E-state index < -0.39 is 0 Å². The van der Waals surface area contributed by atoms with Crippen molar-refractivity contribution in [2.24, 2.45) is 5.73 Å². The SMILES string of the molecule is Cc1cc(CN)cc(N(C)CCCCCO)n1. The van der Waals surface area contributed by atoms with Crippen LogP contribution in [0.3, 0.4) is 0 Å². The molecule has 0 amide bonds. The molecule has 0 fully saturated rings. The van der Waals surface area contributed by atoms with Gasteiger partial charge >= 0.3 is 0 Å². The predicted molar refractivity (Wildman–Crippen MR) is 71.1 cm³/mol. The Morgan fingerprint density at radius 1 is 1.29 bits per heavy atom. The minimum atomic E-state index is 0.281. The summed E-state index contributed by atoms with van der Waals surface area (Å²) >= 11 is 0. The summed E-state index contributed by atoms with van der Waals surface area (Å²) in [5, 5.41) is 8.71. The van der Waals surface area contributed by atoms with Crippen molar-refractivity contribution in [1.82, 2.24) is 4.98 Å². The van der Waals surface area contributed by atoms with Crippen LogP contribution in [0.1, 0.15) is 30.5 Å². The Bertz CT molecular complexity index is 341. The lowest BCUT2D eigenvalue weighted by atomic mass is 10.2. The van der Waals surface area contributed by atoms with Gasteiger partial charge < -0.3 is 15.7 Å². The second-order valence-electron chi connectivity index (χ2n) is 4.38. The molecule has 96 valence electrons. The van der Waals surface area contributed by atoms with E-state index in [9.17, 15) is 0 Å². The summed E-state index contributed by atoms with van der Waals surface area (Å²) in [7, 11) is 2.04. The Kier molecular flexibility index (Phi) is 5.94. The van der Waals surface area contributed by atoms with Crippen LogP contribution in [0.5, 0.6) is 0 Å². The lowest BCUT2D eigenvalue weighted by Gasteiger charge is -2.19. The van der Waals surface area contributed by atoms with Crippen LogP contribution in [0, 0.1) is 6.92 Å². The number of aliphatic hydroxyl groups excluding tert-OH is 1. The minimum Gasteiger partial charge on any atom is -0.396 e. The van der Waals surface area contributed by atoms with E-state index in [1.165, 1.54) is 0 Å². The van der Waals surface area contributed by atoms with Gasteiger partial charge in [-0.3, -0.25) is 0 Å². The van der Waals surface area contributed by atoms with Crippen LogP contribution < -0.4 is 10.6 Å². The molecule has 0 aromatic carbocycles. The number of pyridine rings is 1. The summed E-state index contributed by atoms with van der Waals surface area (Å²) in [4.78, 5) is 6.64. The summed E-state index contributed by atoms with van der Waals surface area (Å²) in [6, 6.07) is 4.06. The number of aromatic nitrogens is 1. The molecule has 0 aliphatic carbocycles. The highest BCUT2D eigenvalue weighted by molar-refractivity contribution is 5.41. The molecule has 3 N–H and O–H groups in total. The highest BCUT2D eigenvalue weighted by Crippen LogP contribution is 2.14. The molecular weight excluding hydrogens is 214 g/mol. The molecule has 0 saturated carbocycles. The van der Waals surface area contributed by atoms with E-state index in [1.54, 1.807) is 0 Å². The molecule has 1 rings (SSSR count). The van der Waals surface area contributed by atoms with Crippen molar-refractivity contribution in [3.63, 3.8) is 0 Å². The van der Waals surface area contributed by atoms with Gasteiger partial charge in [-0.1, -0.05) is 0 Å². The van der Waals surface area contributed by atoms with Crippen molar-refractivity contribution in [2.45, 2.75) is 32.7 Å². The second kappa shape index (κ2) is 7.25. The number of aliphatic hydroxyl groups is 1. The molecule has 0 radical (unpaired) electrons. The zero-order valence-corrected chi connectivity index (χ0v) is 10.8. The quantitative estimate of drug-likeness (QED) is 0.705. The topological polar surface area (TPSA) is 62.4 Å². The average molecular weight is 237 g/mol. The zero-order chi connectivity index (χ0) is 12.7. The molecule has 0 aliphatic rings. The lowest BCUT2D eigenvalue weighted by molar-refractivity contribution is 0.283. The number of aryl methyl sites for hydroxylation is 1. The third-order valence-electron chi connectivity index (χ3n) is 2.78. The molecule has 4 nitrogen and oxygen atoms in total. The molecule has 1 aromatic rings. The van der Waals surface area contributed by atoms with E-state index >= 15 is 0 Å². The fraction of sp³-hybridized carbons (Fsp3) is 0.615. The fourth-order valence-corrected chi connectivity index (χ4v) is 1.79. The average Bonchev–Trinajstić information content (AvgIpc) is 2.33. The number of nitrogens with two attached hydrogens (primary N) is 1. The van der Waals surface area contributed by atoms with Crippen molar-refractivity contribution < 1.29 is 5.11 Å². The summed E-state index contributed by atoms with van der Waals surface area (Å²) in [5.41, 5.74) is 7.78. The standard InChI is InChI=1S/C13H23N3O/c1-11-8-12(10-14)9-13(15-11)16(2)6-4-3-5-7-17/h8-9,17H,3-7,10,14H2,1-2H3. The van der Waals surface area contributed by atoms with Gasteiger partial charge in [-0.05, 0) is 43.9 Å². The lowest BCUT2D eigenvalue weighted by Crippen LogP contribution is -2.20. The summed E-state index contributed by atoms with van der Waals surface area (Å²) in [6.45, 7) is 3.78. The molecular formula is C13H23N3O. The third kappa shape index (κ3) is 4.71. The van der Waals surface area contributed by atoms with Crippen LogP contribution in [-0.2, 0) is 6.54 Å². The maximum absolute atomic E-state index is 8.71. The second-order valence-corrected chi connectivity index (χ2v) is 4.38. The Hall–Kier alpha value is -1.13. The van der Waals surface area contributed by atoms with Crippen LogP contribution in [0.15, 0.2) is 12.1 Å². The third-order valence-corrected chi connectivity index (χ3v) is 2.78. The van der Waals surface area contributed by atoms with Gasteiger partial charge in [0.1, 0.15) is 5.82 Å². The van der Waals surface area contributed by atoms with Gasteiger partial charge in [0.15, 0.2) is 0 Å². The number of anilines is 1. The molecule has 4 heteroatoms. The molecule has 0 bridgehead atoms. The van der Waals surface area contributed by atoms with Gasteiger partial charge in [-0.2, -0.15) is 0 Å². The van der Waals surface area contributed by atoms with Crippen LogP contribution >= 0.6 is 0 Å². The normalized spacial score (nSPS) is 10.6. The van der Waals surface area contributed by atoms with Crippen LogP contribution in [0.4, 0.5) is 5.82 Å². The zero-order valence-electron chi connectivity index (χ0n) is 10.8. The largest absolute Gasteiger partial charge is 0.396 e. The molecule has 17 heavy (non-hydrogen) atoms. The minimum absolute atomic E-state index is 0.281. The predicted octanol–water partition coefficient (Wildman–Crippen LogP) is 1.45. The van der Waals surface area contributed by atoms with E-state index in [2.05, 4.69) is 9.88 Å². The molecule has 1 heterocycles. The highest BCUT2D eigenvalue weighted by atomic mass is 16.2. The van der Waals surface area contributed by atoms with Crippen molar-refractivity contribution in [2.75, 3.05) is 25.1 Å². The monoisotopic (exact) mass is 237 g/mol. The van der Waals surface area contributed by atoms with Gasteiger partial charge in [-0.15, -0.1) is 0 Å². The van der Waals surface area contributed by atoms with Crippen LogP contribution in [-0.4, -0.2) is 30.3 Å². The number of hydrogen-bond donors (Lipinski definition) is 2. The van der Waals surface area contributed by atoms with E-state index in [-0.39, 0.29) is 6.61 Å². The van der Waals surface area contributed by atoms with Crippen molar-refractivity contribution >= 4 is 5.82 Å². The molecule has 0 saturated heterocycles. The van der Waals surface area contributed by atoms with Gasteiger partial charge in [0, 0.05) is 32.4 Å². The Labute approximate surface area is 103 Å². The van der Waals surface area contributed by atoms with Gasteiger partial charge in [0.25, 0.3) is 0 Å². The summed E-state index contributed by atoms with van der Waals surface area (Å²) in [6.07, 6.45) is 3.00. The van der Waals surface area contributed by atoms with Crippen molar-refractivity contribution in [3.05, 3.63) is 23.4 Å². The number of unbranched alkanes of at least 4 members (excludes halogenated alkanes) is 2. The first kappa shape index (κ1) is 13.9. The Morgan fingerprint density at radius 2 is 2.06 bits per heavy atom. The van der Waals surface area contributed by atoms with Crippen LogP contribution in [0.25, 0.3) is 0 Å². The van der Waals surface area contributed by atoms with E-state index in [0.717, 1.165) is 42.9 Å². The number of nitrogens with zero attached hydrogens (tertiary/aromatic N) is 2. The smallest absolute Gasteiger partial charge is 0.128 e. The molecule has 0 unspecified atom stereocenters. The van der Waals surface area contributed by atoms with Crippen molar-refractivity contribution in [1.29, 1.82) is 0 Å². The molecule has 1 aromatic heterocycles. The first-order valence-corrected chi connectivity index (χ1v) is 6.17. The highest BCUT2D eigenvalue weighted by Gasteiger charge is 2.04. The maximum atomic E-state index is 8.71. The molecule has 0 aliphatic heterocycles.